The smallest absolute Gasteiger partial charge is 0.256 e. The van der Waals surface area contributed by atoms with Crippen molar-refractivity contribution in [3.63, 3.8) is 0 Å². The van der Waals surface area contributed by atoms with Crippen LogP contribution in [-0.2, 0) is 4.79 Å². The molecule has 0 fully saturated rings. The van der Waals surface area contributed by atoms with Gasteiger partial charge in [-0.25, -0.2) is 10.4 Å². The second-order valence-electron chi connectivity index (χ2n) is 4.50. The Bertz CT molecular complexity index is 665. The number of benzene rings is 1. The molecule has 0 saturated heterocycles. The van der Waals surface area contributed by atoms with E-state index in [2.05, 4.69) is 15.5 Å². The summed E-state index contributed by atoms with van der Waals surface area (Å²) in [5, 5.41) is 4.47. The lowest BCUT2D eigenvalue weighted by Gasteiger charge is -2.22. The Kier molecular flexibility index (Phi) is 3.02. The van der Waals surface area contributed by atoms with Crippen molar-refractivity contribution in [3.8, 4) is 0 Å². The van der Waals surface area contributed by atoms with Crippen molar-refractivity contribution in [3.05, 3.63) is 23.8 Å². The van der Waals surface area contributed by atoms with E-state index in [1.165, 1.54) is 11.8 Å². The van der Waals surface area contributed by atoms with E-state index in [4.69, 9.17) is 4.42 Å². The van der Waals surface area contributed by atoms with Gasteiger partial charge in [-0.3, -0.25) is 4.79 Å². The van der Waals surface area contributed by atoms with Gasteiger partial charge in [-0.15, -0.1) is 0 Å². The van der Waals surface area contributed by atoms with Gasteiger partial charge in [0.15, 0.2) is 5.58 Å². The van der Waals surface area contributed by atoms with Gasteiger partial charge in [0.05, 0.1) is 5.92 Å². The van der Waals surface area contributed by atoms with Gasteiger partial charge in [-0.05, 0) is 24.0 Å². The number of hydrazone groups is 1. The first-order valence-electron chi connectivity index (χ1n) is 5.96. The molecule has 2 aromatic rings. The molecule has 0 bridgehead atoms. The minimum atomic E-state index is -0.226. The van der Waals surface area contributed by atoms with Crippen LogP contribution in [0.25, 0.3) is 11.1 Å². The van der Waals surface area contributed by atoms with Crippen molar-refractivity contribution < 1.29 is 9.21 Å². The number of fused-ring (bicyclic) bond motifs is 1. The summed E-state index contributed by atoms with van der Waals surface area (Å²) in [6, 6.07) is 5.69. The van der Waals surface area contributed by atoms with E-state index in [1.807, 2.05) is 31.4 Å². The van der Waals surface area contributed by atoms with Crippen LogP contribution >= 0.6 is 11.8 Å². The van der Waals surface area contributed by atoms with Gasteiger partial charge in [0.25, 0.3) is 5.22 Å². The summed E-state index contributed by atoms with van der Waals surface area (Å²) in [5.41, 5.74) is 4.97. The van der Waals surface area contributed by atoms with E-state index < -0.39 is 0 Å². The summed E-state index contributed by atoms with van der Waals surface area (Å²) >= 11 is 1.46. The molecule has 1 aliphatic heterocycles. The van der Waals surface area contributed by atoms with Crippen molar-refractivity contribution in [2.24, 2.45) is 11.0 Å². The van der Waals surface area contributed by atoms with Crippen molar-refractivity contribution in [1.29, 1.82) is 0 Å². The van der Waals surface area contributed by atoms with Gasteiger partial charge in [0.1, 0.15) is 5.52 Å². The largest absolute Gasteiger partial charge is 0.431 e. The normalized spacial score (nSPS) is 22.7. The summed E-state index contributed by atoms with van der Waals surface area (Å²) in [6.07, 6.45) is 3.67. The summed E-state index contributed by atoms with van der Waals surface area (Å²) in [5.74, 6) is -0.239. The molecule has 0 spiro atoms. The third kappa shape index (κ3) is 2.12. The maximum atomic E-state index is 11.9. The second kappa shape index (κ2) is 4.70. The van der Waals surface area contributed by atoms with Gasteiger partial charge in [-0.2, -0.15) is 5.10 Å². The SMILES string of the molecule is CSc1nc2cc([C@H]3C(=O)NN=CC3C)ccc2o1. The van der Waals surface area contributed by atoms with E-state index in [0.29, 0.717) is 5.22 Å². The number of rotatable bonds is 2. The highest BCUT2D eigenvalue weighted by molar-refractivity contribution is 7.98. The Morgan fingerprint density at radius 1 is 1.42 bits per heavy atom. The van der Waals surface area contributed by atoms with Crippen LogP contribution in [0, 0.1) is 5.92 Å². The molecule has 1 aliphatic rings. The predicted molar refractivity (Wildman–Crippen MR) is 74.3 cm³/mol. The lowest BCUT2D eigenvalue weighted by Crippen LogP contribution is -2.34. The molecule has 6 heteroatoms. The third-order valence-electron chi connectivity index (χ3n) is 3.22. The monoisotopic (exact) mass is 275 g/mol. The summed E-state index contributed by atoms with van der Waals surface area (Å²) < 4.78 is 5.54. The van der Waals surface area contributed by atoms with Crippen LogP contribution in [-0.4, -0.2) is 23.4 Å². The maximum absolute atomic E-state index is 11.9. The Hall–Kier alpha value is -1.82. The molecular formula is C13H13N3O2S. The molecule has 98 valence electrons. The fourth-order valence-corrected chi connectivity index (χ4v) is 2.63. The molecule has 1 aromatic heterocycles. The Morgan fingerprint density at radius 3 is 3.00 bits per heavy atom. The molecule has 3 rings (SSSR count). The molecule has 0 radical (unpaired) electrons. The van der Waals surface area contributed by atoms with Crippen LogP contribution in [0.2, 0.25) is 0 Å². The van der Waals surface area contributed by atoms with Crippen LogP contribution in [0.4, 0.5) is 0 Å². The fourth-order valence-electron chi connectivity index (χ4n) is 2.27. The lowest BCUT2D eigenvalue weighted by molar-refractivity contribution is -0.123. The number of thioether (sulfide) groups is 1. The van der Waals surface area contributed by atoms with E-state index in [0.717, 1.165) is 16.7 Å². The van der Waals surface area contributed by atoms with Crippen LogP contribution in [0.1, 0.15) is 18.4 Å². The number of carbonyl (C=O) groups excluding carboxylic acids is 1. The Labute approximate surface area is 114 Å². The minimum absolute atomic E-state index is 0.0677. The molecule has 1 N–H and O–H groups in total. The van der Waals surface area contributed by atoms with Crippen molar-refractivity contribution >= 4 is 35.0 Å². The van der Waals surface area contributed by atoms with E-state index in [-0.39, 0.29) is 17.7 Å². The van der Waals surface area contributed by atoms with Gasteiger partial charge in [0, 0.05) is 12.1 Å². The third-order valence-corrected chi connectivity index (χ3v) is 3.74. The first-order chi connectivity index (χ1) is 9.19. The zero-order valence-corrected chi connectivity index (χ0v) is 11.4. The van der Waals surface area contributed by atoms with Crippen LogP contribution < -0.4 is 5.43 Å². The molecular weight excluding hydrogens is 262 g/mol. The maximum Gasteiger partial charge on any atom is 0.256 e. The first-order valence-corrected chi connectivity index (χ1v) is 7.19. The number of amides is 1. The van der Waals surface area contributed by atoms with Crippen molar-refractivity contribution in [2.45, 2.75) is 18.1 Å². The highest BCUT2D eigenvalue weighted by atomic mass is 32.2. The van der Waals surface area contributed by atoms with Crippen LogP contribution in [0.15, 0.2) is 32.9 Å². The molecule has 2 atom stereocenters. The number of nitrogens with zero attached hydrogens (tertiary/aromatic N) is 2. The molecule has 0 aliphatic carbocycles. The fraction of sp³-hybridized carbons (Fsp3) is 0.308. The zero-order chi connectivity index (χ0) is 13.4. The van der Waals surface area contributed by atoms with E-state index in [9.17, 15) is 4.79 Å². The number of hydrogen-bond acceptors (Lipinski definition) is 5. The lowest BCUT2D eigenvalue weighted by atomic mass is 9.86. The highest BCUT2D eigenvalue weighted by Crippen LogP contribution is 2.30. The van der Waals surface area contributed by atoms with Crippen molar-refractivity contribution in [1.82, 2.24) is 10.4 Å². The molecule has 0 saturated carbocycles. The molecule has 5 nitrogen and oxygen atoms in total. The summed E-state index contributed by atoms with van der Waals surface area (Å²) in [7, 11) is 0. The highest BCUT2D eigenvalue weighted by Gasteiger charge is 2.29. The van der Waals surface area contributed by atoms with Crippen molar-refractivity contribution in [2.75, 3.05) is 6.26 Å². The van der Waals surface area contributed by atoms with Gasteiger partial charge in [0.2, 0.25) is 5.91 Å². The molecule has 19 heavy (non-hydrogen) atoms. The van der Waals surface area contributed by atoms with Gasteiger partial charge >= 0.3 is 0 Å². The van der Waals surface area contributed by atoms with Crippen LogP contribution in [0.3, 0.4) is 0 Å². The topological polar surface area (TPSA) is 67.5 Å². The molecule has 1 unspecified atom stereocenters. The van der Waals surface area contributed by atoms with Crippen LogP contribution in [0.5, 0.6) is 0 Å². The second-order valence-corrected chi connectivity index (χ2v) is 5.26. The number of carbonyl (C=O) groups is 1. The summed E-state index contributed by atoms with van der Waals surface area (Å²) in [6.45, 7) is 1.98. The average Bonchev–Trinajstić information content (AvgIpc) is 2.80. The zero-order valence-electron chi connectivity index (χ0n) is 10.6. The summed E-state index contributed by atoms with van der Waals surface area (Å²) in [4.78, 5) is 16.3. The number of hydrogen-bond donors (Lipinski definition) is 1. The first kappa shape index (κ1) is 12.2. The molecule has 2 heterocycles. The number of aromatic nitrogens is 1. The van der Waals surface area contributed by atoms with E-state index in [1.54, 1.807) is 6.21 Å². The number of oxazole rings is 1. The molecule has 1 aromatic carbocycles. The van der Waals surface area contributed by atoms with Gasteiger partial charge < -0.3 is 4.42 Å². The number of nitrogens with one attached hydrogen (secondary N) is 1. The van der Waals surface area contributed by atoms with E-state index >= 15 is 0 Å². The quantitative estimate of drug-likeness (QED) is 0.854. The standard InChI is InChI=1S/C13H13N3O2S/c1-7-6-14-16-12(17)11(7)8-3-4-10-9(5-8)15-13(18-10)19-2/h3-7,11H,1-2H3,(H,16,17)/t7?,11-/m0/s1. The minimum Gasteiger partial charge on any atom is -0.431 e. The molecule has 1 amide bonds. The average molecular weight is 275 g/mol. The Morgan fingerprint density at radius 2 is 2.26 bits per heavy atom. The Balaban J connectivity index is 2.05. The predicted octanol–water partition coefficient (Wildman–Crippen LogP) is 2.39. The van der Waals surface area contributed by atoms with Gasteiger partial charge in [-0.1, -0.05) is 24.8 Å².